The van der Waals surface area contributed by atoms with Gasteiger partial charge in [-0.1, -0.05) is 0 Å². The van der Waals surface area contributed by atoms with Gasteiger partial charge in [0.2, 0.25) is 0 Å². The maximum absolute atomic E-state index is 15.2. The molecule has 1 saturated heterocycles. The van der Waals surface area contributed by atoms with Crippen molar-refractivity contribution in [1.82, 2.24) is 15.3 Å². The normalized spacial score (nSPS) is 21.7. The Morgan fingerprint density at radius 2 is 2.05 bits per heavy atom. The van der Waals surface area contributed by atoms with Crippen LogP contribution in [0.2, 0.25) is 0 Å². The summed E-state index contributed by atoms with van der Waals surface area (Å²) in [5, 5.41) is 3.83. The number of hydrogen-bond acceptors (Lipinski definition) is 8. The molecule has 1 aliphatic carbocycles. The van der Waals surface area contributed by atoms with Crippen molar-refractivity contribution in [2.75, 3.05) is 37.4 Å². The highest BCUT2D eigenvalue weighted by atomic mass is 32.1. The highest BCUT2D eigenvalue weighted by Gasteiger charge is 2.48. The zero-order chi connectivity index (χ0) is 27.4. The van der Waals surface area contributed by atoms with Crippen LogP contribution in [0, 0.1) is 25.6 Å². The molecule has 12 heteroatoms. The van der Waals surface area contributed by atoms with Crippen LogP contribution >= 0.6 is 11.3 Å². The Hall–Kier alpha value is -2.96. The zero-order valence-corrected chi connectivity index (χ0v) is 22.3. The van der Waals surface area contributed by atoms with Crippen molar-refractivity contribution >= 4 is 39.0 Å². The summed E-state index contributed by atoms with van der Waals surface area (Å²) in [4.78, 5) is 24.7. The average molecular weight is 549 g/mol. The fourth-order valence-electron chi connectivity index (χ4n) is 5.61. The van der Waals surface area contributed by atoms with Gasteiger partial charge in [-0.15, -0.1) is 11.3 Å². The molecule has 0 bridgehead atoms. The number of nitrogens with two attached hydrogens (primary N) is 2. The lowest BCUT2D eigenvalue weighted by Gasteiger charge is -2.27. The van der Waals surface area contributed by atoms with Crippen molar-refractivity contribution in [1.29, 1.82) is 0 Å². The Kier molecular flexibility index (Phi) is 6.99. The lowest BCUT2D eigenvalue weighted by Crippen LogP contribution is -2.43. The van der Waals surface area contributed by atoms with Crippen molar-refractivity contribution in [3.05, 3.63) is 45.3 Å². The van der Waals surface area contributed by atoms with E-state index in [1.807, 2.05) is 19.9 Å². The fraction of sp³-hybridized carbons (Fsp3) is 0.500. The van der Waals surface area contributed by atoms with E-state index in [4.69, 9.17) is 11.5 Å². The van der Waals surface area contributed by atoms with E-state index in [-0.39, 0.29) is 30.9 Å². The predicted molar refractivity (Wildman–Crippen MR) is 141 cm³/mol. The molecule has 3 unspecified atom stereocenters. The maximum atomic E-state index is 15.2. The van der Waals surface area contributed by atoms with Gasteiger partial charge in [-0.05, 0) is 56.4 Å². The number of carbonyl (C=O) groups is 1. The molecule has 204 valence electrons. The Labute approximate surface area is 222 Å². The molecule has 3 aromatic heterocycles. The van der Waals surface area contributed by atoms with Crippen LogP contribution in [0.4, 0.5) is 24.7 Å². The van der Waals surface area contributed by atoms with Crippen molar-refractivity contribution in [2.45, 2.75) is 51.1 Å². The van der Waals surface area contributed by atoms with Crippen molar-refractivity contribution in [3.63, 3.8) is 0 Å². The molecule has 4 heterocycles. The van der Waals surface area contributed by atoms with Gasteiger partial charge in [0.15, 0.2) is 11.6 Å². The number of fused-ring (bicyclic) bond motifs is 2. The number of nitrogens with zero attached hydrogens (tertiary/aromatic N) is 3. The summed E-state index contributed by atoms with van der Waals surface area (Å²) in [6.07, 6.45) is 1.52. The summed E-state index contributed by atoms with van der Waals surface area (Å²) in [5.74, 6) is -5.12. The van der Waals surface area contributed by atoms with Crippen LogP contribution in [0.3, 0.4) is 0 Å². The largest absolute Gasteiger partial charge is 0.397 e. The van der Waals surface area contributed by atoms with E-state index in [1.165, 1.54) is 29.4 Å². The van der Waals surface area contributed by atoms with E-state index in [9.17, 15) is 13.6 Å². The monoisotopic (exact) mass is 548 g/mol. The van der Waals surface area contributed by atoms with Crippen molar-refractivity contribution in [3.8, 4) is 0 Å². The van der Waals surface area contributed by atoms with E-state index >= 15 is 4.39 Å². The Morgan fingerprint density at radius 1 is 1.29 bits per heavy atom. The molecule has 5 rings (SSSR count). The highest BCUT2D eigenvalue weighted by Crippen LogP contribution is 2.37. The third-order valence-electron chi connectivity index (χ3n) is 7.43. The van der Waals surface area contributed by atoms with Crippen LogP contribution in [0.5, 0.6) is 0 Å². The Bertz CT molecular complexity index is 1400. The van der Waals surface area contributed by atoms with Gasteiger partial charge >= 0.3 is 0 Å². The molecule has 3 atom stereocenters. The molecule has 1 amide bonds. The van der Waals surface area contributed by atoms with Crippen LogP contribution in [0.25, 0.3) is 10.2 Å². The van der Waals surface area contributed by atoms with Gasteiger partial charge in [0.25, 0.3) is 11.8 Å². The second-order valence-corrected chi connectivity index (χ2v) is 11.3. The van der Waals surface area contributed by atoms with E-state index in [2.05, 4.69) is 20.0 Å². The van der Waals surface area contributed by atoms with Gasteiger partial charge in [0, 0.05) is 49.1 Å². The number of hydrogen-bond donors (Lipinski definition) is 3. The topological polar surface area (TPSA) is 119 Å². The molecule has 2 aliphatic rings. The Morgan fingerprint density at radius 3 is 2.79 bits per heavy atom. The lowest BCUT2D eigenvalue weighted by atomic mass is 9.91. The van der Waals surface area contributed by atoms with Gasteiger partial charge in [-0.25, -0.2) is 23.1 Å². The molecule has 0 saturated carbocycles. The third-order valence-corrected chi connectivity index (χ3v) is 8.53. The van der Waals surface area contributed by atoms with Gasteiger partial charge in [0.1, 0.15) is 16.3 Å². The molecular weight excluding hydrogens is 517 g/mol. The minimum Gasteiger partial charge on any atom is -0.397 e. The Balaban J connectivity index is 1.30. The van der Waals surface area contributed by atoms with Gasteiger partial charge in [-0.2, -0.15) is 0 Å². The SMILES string of the molecule is COCC(F)(F)C1CN(c2nc3c(cc2F)CC(NC(=O)c2sc4nc(C)cc(C)c4c2N)CC3)CC1N. The molecule has 1 aliphatic heterocycles. The first-order valence-electron chi connectivity index (χ1n) is 12.5. The number of rotatable bonds is 6. The number of carbonyl (C=O) groups excluding carboxylic acids is 1. The fourth-order valence-corrected chi connectivity index (χ4v) is 6.73. The van der Waals surface area contributed by atoms with E-state index < -0.39 is 30.3 Å². The molecule has 0 aromatic carbocycles. The number of halogens is 3. The number of methoxy groups -OCH3 is 1. The van der Waals surface area contributed by atoms with Gasteiger partial charge in [-0.3, -0.25) is 4.79 Å². The number of nitrogen functional groups attached to an aromatic ring is 1. The van der Waals surface area contributed by atoms with Crippen LogP contribution in [-0.4, -0.2) is 60.7 Å². The number of anilines is 2. The maximum Gasteiger partial charge on any atom is 0.276 e. The summed E-state index contributed by atoms with van der Waals surface area (Å²) in [5.41, 5.74) is 15.9. The smallest absolute Gasteiger partial charge is 0.276 e. The number of aryl methyl sites for hydroxylation is 3. The minimum atomic E-state index is -3.12. The molecule has 3 aromatic rings. The first-order valence-corrected chi connectivity index (χ1v) is 13.3. The van der Waals surface area contributed by atoms with Gasteiger partial charge < -0.3 is 26.4 Å². The number of pyridine rings is 2. The van der Waals surface area contributed by atoms with Crippen LogP contribution < -0.4 is 21.7 Å². The van der Waals surface area contributed by atoms with Crippen LogP contribution in [-0.2, 0) is 17.6 Å². The number of nitrogens with one attached hydrogen (secondary N) is 1. The quantitative estimate of drug-likeness (QED) is 0.432. The van der Waals surface area contributed by atoms with Crippen LogP contribution in [0.15, 0.2) is 12.1 Å². The number of aromatic nitrogens is 2. The standard InChI is InChI=1S/C26H31F3N6O2S/c1-12-6-13(2)32-25-20(12)21(31)22(38-25)24(36)33-15-4-5-19-14(7-15)8-17(27)23(34-19)35-9-16(18(30)10-35)26(28,29)11-37-3/h6,8,15-16,18H,4-5,7,9-11,30-31H2,1-3H3,(H,33,36). The summed E-state index contributed by atoms with van der Waals surface area (Å²) < 4.78 is 48.7. The summed E-state index contributed by atoms with van der Waals surface area (Å²) in [6.45, 7) is 3.07. The summed E-state index contributed by atoms with van der Waals surface area (Å²) in [6, 6.07) is 2.27. The third kappa shape index (κ3) is 4.80. The minimum absolute atomic E-state index is 0.0358. The molecule has 1 fully saturated rings. The summed E-state index contributed by atoms with van der Waals surface area (Å²) in [7, 11) is 1.21. The molecular formula is C26H31F3N6O2S. The average Bonchev–Trinajstić information content (AvgIpc) is 3.39. The first kappa shape index (κ1) is 26.6. The van der Waals surface area contributed by atoms with Gasteiger partial charge in [0.05, 0.1) is 11.6 Å². The molecule has 0 radical (unpaired) electrons. The van der Waals surface area contributed by atoms with E-state index in [0.29, 0.717) is 41.1 Å². The second-order valence-electron chi connectivity index (χ2n) is 10.3. The van der Waals surface area contributed by atoms with Crippen LogP contribution in [0.1, 0.15) is 38.6 Å². The number of thiophene rings is 1. The molecule has 5 N–H and O–H groups in total. The highest BCUT2D eigenvalue weighted by molar-refractivity contribution is 7.21. The second kappa shape index (κ2) is 9.97. The first-order chi connectivity index (χ1) is 18.0. The van der Waals surface area contributed by atoms with Crippen molar-refractivity contribution < 1.29 is 22.7 Å². The number of ether oxygens (including phenoxy) is 1. The van der Waals surface area contributed by atoms with Crippen molar-refractivity contribution in [2.24, 2.45) is 11.7 Å². The predicted octanol–water partition coefficient (Wildman–Crippen LogP) is 3.36. The molecule has 0 spiro atoms. The van der Waals surface area contributed by atoms with E-state index in [1.54, 1.807) is 0 Å². The number of amides is 1. The molecule has 8 nitrogen and oxygen atoms in total. The lowest BCUT2D eigenvalue weighted by molar-refractivity contribution is -0.105. The number of alkyl halides is 2. The zero-order valence-electron chi connectivity index (χ0n) is 21.5. The van der Waals surface area contributed by atoms with E-state index in [0.717, 1.165) is 21.5 Å². The summed E-state index contributed by atoms with van der Waals surface area (Å²) >= 11 is 1.26. The molecule has 38 heavy (non-hydrogen) atoms.